The maximum atomic E-state index is 9.31. The molecular weight excluding hydrogens is 242 g/mol. The molecule has 4 nitrogen and oxygen atoms in total. The standard InChI is InChI=1S/C15H25NO3/c1-4-19-14-7-5-6-13(8-14)9-16(3)10-15(2,11-17)12-18/h5-8,17-18H,4,9-12H2,1-3H3. The molecule has 0 atom stereocenters. The van der Waals surface area contributed by atoms with Crippen molar-refractivity contribution in [3.05, 3.63) is 29.8 Å². The summed E-state index contributed by atoms with van der Waals surface area (Å²) in [4.78, 5) is 2.09. The van der Waals surface area contributed by atoms with Crippen LogP contribution in [0.1, 0.15) is 19.4 Å². The Balaban J connectivity index is 2.61. The zero-order valence-corrected chi connectivity index (χ0v) is 12.1. The molecule has 1 aromatic rings. The highest BCUT2D eigenvalue weighted by Gasteiger charge is 2.24. The van der Waals surface area contributed by atoms with Crippen molar-refractivity contribution in [1.82, 2.24) is 4.90 Å². The van der Waals surface area contributed by atoms with Gasteiger partial charge in [0.1, 0.15) is 5.75 Å². The molecule has 108 valence electrons. The van der Waals surface area contributed by atoms with Crippen LogP contribution in [0.5, 0.6) is 5.75 Å². The van der Waals surface area contributed by atoms with Crippen LogP contribution in [0.4, 0.5) is 0 Å². The molecule has 4 heteroatoms. The Kier molecular flexibility index (Phi) is 6.28. The van der Waals surface area contributed by atoms with Gasteiger partial charge in [-0.25, -0.2) is 0 Å². The largest absolute Gasteiger partial charge is 0.494 e. The van der Waals surface area contributed by atoms with Crippen LogP contribution in [-0.2, 0) is 6.54 Å². The maximum Gasteiger partial charge on any atom is 0.119 e. The van der Waals surface area contributed by atoms with E-state index in [2.05, 4.69) is 4.90 Å². The monoisotopic (exact) mass is 267 g/mol. The zero-order chi connectivity index (χ0) is 14.3. The summed E-state index contributed by atoms with van der Waals surface area (Å²) < 4.78 is 5.47. The summed E-state index contributed by atoms with van der Waals surface area (Å²) in [6.45, 7) is 5.86. The minimum atomic E-state index is -0.466. The van der Waals surface area contributed by atoms with E-state index in [0.29, 0.717) is 13.2 Å². The minimum absolute atomic E-state index is 0.0210. The van der Waals surface area contributed by atoms with Crippen LogP contribution in [0.3, 0.4) is 0 Å². The lowest BCUT2D eigenvalue weighted by molar-refractivity contribution is 0.0402. The average Bonchev–Trinajstić information content (AvgIpc) is 2.39. The van der Waals surface area contributed by atoms with Crippen LogP contribution in [-0.4, -0.2) is 48.5 Å². The Bertz CT molecular complexity index is 377. The predicted molar refractivity (Wildman–Crippen MR) is 76.2 cm³/mol. The molecule has 0 fully saturated rings. The first-order valence-corrected chi connectivity index (χ1v) is 6.65. The van der Waals surface area contributed by atoms with Gasteiger partial charge in [0.15, 0.2) is 0 Å². The molecule has 1 rings (SSSR count). The van der Waals surface area contributed by atoms with Gasteiger partial charge in [-0.15, -0.1) is 0 Å². The average molecular weight is 267 g/mol. The molecule has 0 saturated heterocycles. The summed E-state index contributed by atoms with van der Waals surface area (Å²) in [5.41, 5.74) is 0.693. The Hall–Kier alpha value is -1.10. The van der Waals surface area contributed by atoms with E-state index < -0.39 is 5.41 Å². The second-order valence-electron chi connectivity index (χ2n) is 5.38. The molecule has 0 amide bonds. The Labute approximate surface area is 115 Å². The summed E-state index contributed by atoms with van der Waals surface area (Å²) in [5, 5.41) is 18.6. The van der Waals surface area contributed by atoms with Gasteiger partial charge in [0.25, 0.3) is 0 Å². The molecule has 0 spiro atoms. The number of ether oxygens (including phenoxy) is 1. The van der Waals surface area contributed by atoms with Gasteiger partial charge in [-0.3, -0.25) is 0 Å². The van der Waals surface area contributed by atoms with Gasteiger partial charge < -0.3 is 19.8 Å². The number of aliphatic hydroxyl groups excluding tert-OH is 2. The van der Waals surface area contributed by atoms with E-state index in [0.717, 1.165) is 17.9 Å². The van der Waals surface area contributed by atoms with E-state index in [9.17, 15) is 10.2 Å². The number of aliphatic hydroxyl groups is 2. The number of hydrogen-bond donors (Lipinski definition) is 2. The highest BCUT2D eigenvalue weighted by Crippen LogP contribution is 2.19. The van der Waals surface area contributed by atoms with E-state index in [-0.39, 0.29) is 13.2 Å². The van der Waals surface area contributed by atoms with Gasteiger partial charge in [-0.1, -0.05) is 19.1 Å². The lowest BCUT2D eigenvalue weighted by Crippen LogP contribution is -2.38. The van der Waals surface area contributed by atoms with Gasteiger partial charge in [0.2, 0.25) is 0 Å². The van der Waals surface area contributed by atoms with Crippen LogP contribution in [0.25, 0.3) is 0 Å². The highest BCUT2D eigenvalue weighted by atomic mass is 16.5. The summed E-state index contributed by atoms with van der Waals surface area (Å²) in [5.74, 6) is 0.875. The predicted octanol–water partition coefficient (Wildman–Crippen LogP) is 1.51. The fraction of sp³-hybridized carbons (Fsp3) is 0.600. The van der Waals surface area contributed by atoms with Crippen molar-refractivity contribution in [3.8, 4) is 5.75 Å². The van der Waals surface area contributed by atoms with Crippen LogP contribution in [0.2, 0.25) is 0 Å². The number of nitrogens with zero attached hydrogens (tertiary/aromatic N) is 1. The fourth-order valence-corrected chi connectivity index (χ4v) is 2.07. The lowest BCUT2D eigenvalue weighted by atomic mass is 9.92. The molecule has 0 aliphatic heterocycles. The van der Waals surface area contributed by atoms with E-state index in [4.69, 9.17) is 4.74 Å². The first-order chi connectivity index (χ1) is 9.03. The van der Waals surface area contributed by atoms with Crippen molar-refractivity contribution in [2.24, 2.45) is 5.41 Å². The Morgan fingerprint density at radius 1 is 1.26 bits per heavy atom. The SMILES string of the molecule is CCOc1cccc(CN(C)CC(C)(CO)CO)c1. The van der Waals surface area contributed by atoms with E-state index >= 15 is 0 Å². The van der Waals surface area contributed by atoms with Crippen LogP contribution < -0.4 is 4.74 Å². The van der Waals surface area contributed by atoms with E-state index in [1.165, 1.54) is 0 Å². The Morgan fingerprint density at radius 3 is 2.53 bits per heavy atom. The molecule has 0 aliphatic carbocycles. The molecule has 0 saturated carbocycles. The normalized spacial score (nSPS) is 11.9. The number of benzene rings is 1. The molecule has 2 N–H and O–H groups in total. The quantitative estimate of drug-likeness (QED) is 0.749. The second kappa shape index (κ2) is 7.48. The molecule has 0 radical (unpaired) electrons. The van der Waals surface area contributed by atoms with Crippen molar-refractivity contribution >= 4 is 0 Å². The van der Waals surface area contributed by atoms with Crippen LogP contribution in [0.15, 0.2) is 24.3 Å². The smallest absolute Gasteiger partial charge is 0.119 e. The first-order valence-electron chi connectivity index (χ1n) is 6.65. The third kappa shape index (κ3) is 5.19. The van der Waals surface area contributed by atoms with Crippen molar-refractivity contribution in [1.29, 1.82) is 0 Å². The topological polar surface area (TPSA) is 52.9 Å². The third-order valence-corrected chi connectivity index (χ3v) is 3.08. The van der Waals surface area contributed by atoms with Gasteiger partial charge >= 0.3 is 0 Å². The fourth-order valence-electron chi connectivity index (χ4n) is 2.07. The summed E-state index contributed by atoms with van der Waals surface area (Å²) in [6.07, 6.45) is 0. The van der Waals surface area contributed by atoms with E-state index in [1.807, 2.05) is 45.2 Å². The Morgan fingerprint density at radius 2 is 1.95 bits per heavy atom. The highest BCUT2D eigenvalue weighted by molar-refractivity contribution is 5.28. The first kappa shape index (κ1) is 16.0. The molecule has 0 bridgehead atoms. The molecule has 1 aromatic carbocycles. The van der Waals surface area contributed by atoms with Crippen molar-refractivity contribution in [2.45, 2.75) is 20.4 Å². The van der Waals surface area contributed by atoms with Gasteiger partial charge in [-0.2, -0.15) is 0 Å². The summed E-state index contributed by atoms with van der Waals surface area (Å²) in [6, 6.07) is 7.99. The third-order valence-electron chi connectivity index (χ3n) is 3.08. The molecular formula is C15H25NO3. The van der Waals surface area contributed by atoms with Crippen LogP contribution >= 0.6 is 0 Å². The summed E-state index contributed by atoms with van der Waals surface area (Å²) in [7, 11) is 1.98. The molecule has 19 heavy (non-hydrogen) atoms. The van der Waals surface area contributed by atoms with Gasteiger partial charge in [0.05, 0.1) is 19.8 Å². The summed E-state index contributed by atoms with van der Waals surface area (Å²) >= 11 is 0. The number of hydrogen-bond acceptors (Lipinski definition) is 4. The van der Waals surface area contributed by atoms with Crippen molar-refractivity contribution in [3.63, 3.8) is 0 Å². The van der Waals surface area contributed by atoms with Gasteiger partial charge in [-0.05, 0) is 31.7 Å². The van der Waals surface area contributed by atoms with Crippen molar-refractivity contribution < 1.29 is 14.9 Å². The second-order valence-corrected chi connectivity index (χ2v) is 5.38. The van der Waals surface area contributed by atoms with E-state index in [1.54, 1.807) is 0 Å². The molecule has 0 unspecified atom stereocenters. The van der Waals surface area contributed by atoms with Gasteiger partial charge in [0, 0.05) is 18.5 Å². The number of rotatable bonds is 8. The lowest BCUT2D eigenvalue weighted by Gasteiger charge is -2.30. The minimum Gasteiger partial charge on any atom is -0.494 e. The molecule has 0 aromatic heterocycles. The van der Waals surface area contributed by atoms with Crippen LogP contribution in [0, 0.1) is 5.41 Å². The van der Waals surface area contributed by atoms with Crippen molar-refractivity contribution in [2.75, 3.05) is 33.4 Å². The zero-order valence-electron chi connectivity index (χ0n) is 12.1. The molecule has 0 heterocycles. The maximum absolute atomic E-state index is 9.31. The molecule has 0 aliphatic rings.